The third-order valence-corrected chi connectivity index (χ3v) is 6.42. The molecule has 1 amide bonds. The summed E-state index contributed by atoms with van der Waals surface area (Å²) < 4.78 is 0. The van der Waals surface area contributed by atoms with Crippen LogP contribution in [0.1, 0.15) is 34.1 Å². The minimum Gasteiger partial charge on any atom is -0.334 e. The molecule has 1 rings (SSSR count). The van der Waals surface area contributed by atoms with Gasteiger partial charge >= 0.3 is 0 Å². The Morgan fingerprint density at radius 1 is 1.50 bits per heavy atom. The van der Waals surface area contributed by atoms with Crippen molar-refractivity contribution in [3.63, 3.8) is 0 Å². The molecule has 2 atom stereocenters. The predicted molar refractivity (Wildman–Crippen MR) is 71.1 cm³/mol. The number of nitrogens with zero attached hydrogens (tertiary/aromatic N) is 1. The van der Waals surface area contributed by atoms with E-state index in [1.807, 2.05) is 11.0 Å². The van der Waals surface area contributed by atoms with E-state index in [0.29, 0.717) is 11.9 Å². The van der Waals surface area contributed by atoms with Crippen LogP contribution in [0, 0.1) is 0 Å². The number of rotatable bonds is 3. The van der Waals surface area contributed by atoms with Crippen LogP contribution < -0.4 is 0 Å². The molecule has 1 heterocycles. The van der Waals surface area contributed by atoms with Crippen LogP contribution in [-0.4, -0.2) is 31.2 Å². The van der Waals surface area contributed by atoms with Crippen molar-refractivity contribution in [1.29, 1.82) is 0 Å². The Labute approximate surface area is 101 Å². The molecule has 1 saturated heterocycles. The zero-order chi connectivity index (χ0) is 12.7. The van der Waals surface area contributed by atoms with Crippen molar-refractivity contribution < 1.29 is 4.79 Å². The Balaban J connectivity index is 3.02. The van der Waals surface area contributed by atoms with E-state index >= 15 is 0 Å². The zero-order valence-electron chi connectivity index (χ0n) is 11.4. The highest BCUT2D eigenvalue weighted by Crippen LogP contribution is 2.52. The van der Waals surface area contributed by atoms with Crippen LogP contribution >= 0.6 is 0 Å². The first-order valence-electron chi connectivity index (χ1n) is 5.92. The Morgan fingerprint density at radius 3 is 2.31 bits per heavy atom. The van der Waals surface area contributed by atoms with Gasteiger partial charge < -0.3 is 4.90 Å². The fraction of sp³-hybridized carbons (Fsp3) is 0.769. The minimum absolute atomic E-state index is 0.0679. The fourth-order valence-electron chi connectivity index (χ4n) is 2.54. The highest BCUT2D eigenvalue weighted by atomic mass is 28.3. The molecule has 1 aliphatic heterocycles. The van der Waals surface area contributed by atoms with Crippen molar-refractivity contribution >= 4 is 14.7 Å². The van der Waals surface area contributed by atoms with Gasteiger partial charge in [-0.3, -0.25) is 4.79 Å². The summed E-state index contributed by atoms with van der Waals surface area (Å²) in [4.78, 5) is 14.4. The standard InChI is InChI=1S/C13H24NOSi/c1-8-9-10-13(5,16(6)7)11(15)14(10)12(2,3)4/h8,10H,1,9H2,2-7H3. The fourth-order valence-corrected chi connectivity index (χ4v) is 4.01. The van der Waals surface area contributed by atoms with Gasteiger partial charge in [0, 0.05) is 11.6 Å². The number of carbonyl (C=O) groups excluding carboxylic acids is 1. The Bertz CT molecular complexity index is 306. The first kappa shape index (κ1) is 13.5. The smallest absolute Gasteiger partial charge is 0.228 e. The summed E-state index contributed by atoms with van der Waals surface area (Å²) in [6.45, 7) is 16.8. The van der Waals surface area contributed by atoms with E-state index in [-0.39, 0.29) is 10.6 Å². The molecule has 0 bridgehead atoms. The molecule has 1 aliphatic rings. The molecule has 0 aromatic heterocycles. The molecule has 91 valence electrons. The van der Waals surface area contributed by atoms with E-state index < -0.39 is 8.80 Å². The molecule has 0 N–H and O–H groups in total. The van der Waals surface area contributed by atoms with Gasteiger partial charge in [0.15, 0.2) is 0 Å². The number of β-lactam (4-membered cyclic amide) rings is 1. The lowest BCUT2D eigenvalue weighted by atomic mass is 9.80. The molecule has 0 aromatic rings. The van der Waals surface area contributed by atoms with Crippen molar-refractivity contribution in [2.75, 3.05) is 0 Å². The summed E-state index contributed by atoms with van der Waals surface area (Å²) in [5.41, 5.74) is -0.0679. The second-order valence-corrected chi connectivity index (χ2v) is 9.13. The average molecular weight is 238 g/mol. The van der Waals surface area contributed by atoms with Crippen LogP contribution in [0.2, 0.25) is 18.1 Å². The van der Waals surface area contributed by atoms with Crippen LogP contribution in [-0.2, 0) is 4.79 Å². The number of hydrogen-bond acceptors (Lipinski definition) is 1. The molecule has 0 aromatic carbocycles. The predicted octanol–water partition coefficient (Wildman–Crippen LogP) is 3.09. The topological polar surface area (TPSA) is 20.3 Å². The second kappa shape index (κ2) is 4.02. The van der Waals surface area contributed by atoms with Gasteiger partial charge in [0.1, 0.15) is 0 Å². The van der Waals surface area contributed by atoms with Gasteiger partial charge in [-0.15, -0.1) is 6.58 Å². The summed E-state index contributed by atoms with van der Waals surface area (Å²) >= 11 is 0. The van der Waals surface area contributed by atoms with E-state index in [1.165, 1.54) is 0 Å². The molecule has 1 fully saturated rings. The van der Waals surface area contributed by atoms with Crippen molar-refractivity contribution in [1.82, 2.24) is 4.90 Å². The largest absolute Gasteiger partial charge is 0.334 e. The van der Waals surface area contributed by atoms with Gasteiger partial charge in [-0.05, 0) is 27.2 Å². The highest BCUT2D eigenvalue weighted by Gasteiger charge is 2.60. The third-order valence-electron chi connectivity index (χ3n) is 3.79. The molecular formula is C13H24NOSi. The maximum atomic E-state index is 12.4. The molecule has 0 aliphatic carbocycles. The molecule has 0 saturated carbocycles. The lowest BCUT2D eigenvalue weighted by Crippen LogP contribution is -2.72. The molecule has 2 unspecified atom stereocenters. The second-order valence-electron chi connectivity index (χ2n) is 6.09. The zero-order valence-corrected chi connectivity index (χ0v) is 12.4. The van der Waals surface area contributed by atoms with E-state index in [2.05, 4.69) is 47.4 Å². The number of hydrogen-bond donors (Lipinski definition) is 0. The monoisotopic (exact) mass is 238 g/mol. The molecule has 2 nitrogen and oxygen atoms in total. The van der Waals surface area contributed by atoms with Crippen LogP contribution in [0.3, 0.4) is 0 Å². The van der Waals surface area contributed by atoms with Crippen LogP contribution in [0.5, 0.6) is 0 Å². The summed E-state index contributed by atoms with van der Waals surface area (Å²) in [6, 6.07) is 0.349. The van der Waals surface area contributed by atoms with Crippen molar-refractivity contribution in [2.24, 2.45) is 0 Å². The van der Waals surface area contributed by atoms with E-state index in [4.69, 9.17) is 0 Å². The number of likely N-dealkylation sites (tertiary alicyclic amines) is 1. The quantitative estimate of drug-likeness (QED) is 0.420. The Kier molecular flexibility index (Phi) is 3.39. The molecule has 16 heavy (non-hydrogen) atoms. The van der Waals surface area contributed by atoms with Crippen molar-refractivity contribution in [2.45, 2.75) is 63.8 Å². The first-order chi connectivity index (χ1) is 7.17. The summed E-state index contributed by atoms with van der Waals surface area (Å²) in [7, 11) is -0.625. The highest BCUT2D eigenvalue weighted by molar-refractivity contribution is 6.65. The van der Waals surface area contributed by atoms with Gasteiger partial charge in [0.05, 0.1) is 13.8 Å². The van der Waals surface area contributed by atoms with E-state index in [0.717, 1.165) is 6.42 Å². The third kappa shape index (κ3) is 1.75. The minimum atomic E-state index is -0.625. The van der Waals surface area contributed by atoms with Gasteiger partial charge in [-0.25, -0.2) is 0 Å². The summed E-state index contributed by atoms with van der Waals surface area (Å²) in [5, 5.41) is -0.105. The average Bonchev–Trinajstić information content (AvgIpc) is 2.13. The maximum Gasteiger partial charge on any atom is 0.228 e. The lowest BCUT2D eigenvalue weighted by molar-refractivity contribution is -0.162. The van der Waals surface area contributed by atoms with Gasteiger partial charge in [0.25, 0.3) is 0 Å². The Morgan fingerprint density at radius 2 is 2.00 bits per heavy atom. The molecule has 3 heteroatoms. The Hall–Kier alpha value is -0.573. The van der Waals surface area contributed by atoms with Gasteiger partial charge in [0.2, 0.25) is 5.91 Å². The van der Waals surface area contributed by atoms with Crippen molar-refractivity contribution in [3.05, 3.63) is 12.7 Å². The normalized spacial score (nSPS) is 30.6. The van der Waals surface area contributed by atoms with Crippen LogP contribution in [0.4, 0.5) is 0 Å². The maximum absolute atomic E-state index is 12.4. The lowest BCUT2D eigenvalue weighted by Gasteiger charge is -2.61. The van der Waals surface area contributed by atoms with E-state index in [1.54, 1.807) is 0 Å². The SMILES string of the molecule is C=CCC1N(C(C)(C)C)C(=O)C1(C)[Si](C)C. The van der Waals surface area contributed by atoms with Gasteiger partial charge in [-0.1, -0.05) is 26.1 Å². The summed E-state index contributed by atoms with van der Waals surface area (Å²) in [5.74, 6) is 0.339. The number of carbonyl (C=O) groups is 1. The van der Waals surface area contributed by atoms with Crippen molar-refractivity contribution in [3.8, 4) is 0 Å². The van der Waals surface area contributed by atoms with Crippen LogP contribution in [0.15, 0.2) is 12.7 Å². The van der Waals surface area contributed by atoms with Gasteiger partial charge in [-0.2, -0.15) is 0 Å². The molecule has 1 radical (unpaired) electrons. The van der Waals surface area contributed by atoms with E-state index in [9.17, 15) is 4.79 Å². The summed E-state index contributed by atoms with van der Waals surface area (Å²) in [6.07, 6.45) is 2.86. The number of amides is 1. The first-order valence-corrected chi connectivity index (χ1v) is 8.42. The molecular weight excluding hydrogens is 214 g/mol. The van der Waals surface area contributed by atoms with Crippen LogP contribution in [0.25, 0.3) is 0 Å². The molecule has 0 spiro atoms.